The van der Waals surface area contributed by atoms with Gasteiger partial charge in [0, 0.05) is 12.0 Å². The molecule has 4 nitrogen and oxygen atoms in total. The third kappa shape index (κ3) is 4.20. The van der Waals surface area contributed by atoms with Gasteiger partial charge >= 0.3 is 11.9 Å². The predicted molar refractivity (Wildman–Crippen MR) is 66.8 cm³/mol. The van der Waals surface area contributed by atoms with Crippen LogP contribution in [0.5, 0.6) is 0 Å². The minimum absolute atomic E-state index is 0.257. The summed E-state index contributed by atoms with van der Waals surface area (Å²) in [6, 6.07) is 8.88. The Labute approximate surface area is 107 Å². The van der Waals surface area contributed by atoms with E-state index in [0.29, 0.717) is 18.4 Å². The predicted octanol–water partition coefficient (Wildman–Crippen LogP) is 2.63. The largest absolute Gasteiger partial charge is 0.463 e. The zero-order chi connectivity index (χ0) is 13.4. The molecule has 0 aliphatic heterocycles. The van der Waals surface area contributed by atoms with Crippen LogP contribution in [0.25, 0.3) is 0 Å². The van der Waals surface area contributed by atoms with Crippen LogP contribution in [-0.4, -0.2) is 18.5 Å². The van der Waals surface area contributed by atoms with Crippen molar-refractivity contribution in [3.63, 3.8) is 0 Å². The molecule has 0 bridgehead atoms. The van der Waals surface area contributed by atoms with Crippen LogP contribution in [0.2, 0.25) is 0 Å². The highest BCUT2D eigenvalue weighted by molar-refractivity contribution is 5.80. The van der Waals surface area contributed by atoms with Crippen LogP contribution in [0.15, 0.2) is 30.3 Å². The Balaban J connectivity index is 2.82. The monoisotopic (exact) mass is 250 g/mol. The highest BCUT2D eigenvalue weighted by Gasteiger charge is 2.25. The average molecular weight is 250 g/mol. The lowest BCUT2D eigenvalue weighted by atomic mass is 10.1. The number of hydrogen-bond acceptors (Lipinski definition) is 4. The standard InChI is InChI=1S/C14H18O4/c1-3-8-12(15)18-13(14(16)17-4-2)11-9-6-5-7-10-11/h5-7,9-10,13H,3-4,8H2,1-2H3/t13-/m1/s1. The van der Waals surface area contributed by atoms with Crippen LogP contribution in [-0.2, 0) is 19.1 Å². The molecule has 1 aromatic rings. The summed E-state index contributed by atoms with van der Waals surface area (Å²) in [6.07, 6.45) is 0.0107. The molecule has 98 valence electrons. The third-order valence-corrected chi connectivity index (χ3v) is 2.31. The zero-order valence-electron chi connectivity index (χ0n) is 10.7. The first kappa shape index (κ1) is 14.2. The van der Waals surface area contributed by atoms with Crippen molar-refractivity contribution in [2.75, 3.05) is 6.61 Å². The molecule has 0 unspecified atom stereocenters. The highest BCUT2D eigenvalue weighted by Crippen LogP contribution is 2.19. The third-order valence-electron chi connectivity index (χ3n) is 2.31. The first-order valence-corrected chi connectivity index (χ1v) is 6.10. The topological polar surface area (TPSA) is 52.6 Å². The minimum Gasteiger partial charge on any atom is -0.463 e. The van der Waals surface area contributed by atoms with Crippen LogP contribution in [0.3, 0.4) is 0 Å². The molecule has 0 aliphatic rings. The first-order valence-electron chi connectivity index (χ1n) is 6.10. The SMILES string of the molecule is CCCC(=O)O[C@@H](C(=O)OCC)c1ccccc1. The van der Waals surface area contributed by atoms with Gasteiger partial charge in [0.1, 0.15) is 0 Å². The van der Waals surface area contributed by atoms with Gasteiger partial charge in [0.05, 0.1) is 6.61 Å². The lowest BCUT2D eigenvalue weighted by molar-refractivity contribution is -0.168. The Kier molecular flexibility index (Phi) is 5.91. The molecular weight excluding hydrogens is 232 g/mol. The lowest BCUT2D eigenvalue weighted by Gasteiger charge is -2.16. The molecule has 0 saturated heterocycles. The molecule has 0 amide bonds. The molecule has 4 heteroatoms. The van der Waals surface area contributed by atoms with Gasteiger partial charge in [-0.3, -0.25) is 4.79 Å². The molecule has 0 aromatic heterocycles. The molecule has 1 aromatic carbocycles. The van der Waals surface area contributed by atoms with Crippen LogP contribution < -0.4 is 0 Å². The van der Waals surface area contributed by atoms with Gasteiger partial charge in [-0.15, -0.1) is 0 Å². The Bertz CT molecular complexity index is 386. The van der Waals surface area contributed by atoms with E-state index in [1.54, 1.807) is 31.2 Å². The Morgan fingerprint density at radius 3 is 2.39 bits per heavy atom. The summed E-state index contributed by atoms with van der Waals surface area (Å²) < 4.78 is 10.1. The number of esters is 2. The maximum atomic E-state index is 11.8. The molecule has 1 atom stereocenters. The number of rotatable bonds is 6. The van der Waals surface area contributed by atoms with Crippen molar-refractivity contribution in [3.05, 3.63) is 35.9 Å². The van der Waals surface area contributed by atoms with Crippen molar-refractivity contribution in [3.8, 4) is 0 Å². The smallest absolute Gasteiger partial charge is 0.352 e. The fourth-order valence-electron chi connectivity index (χ4n) is 1.49. The number of ether oxygens (including phenoxy) is 2. The van der Waals surface area contributed by atoms with E-state index >= 15 is 0 Å². The fraction of sp³-hybridized carbons (Fsp3) is 0.429. The minimum atomic E-state index is -0.967. The molecule has 1 rings (SSSR count). The van der Waals surface area contributed by atoms with Gasteiger partial charge in [-0.25, -0.2) is 4.79 Å². The van der Waals surface area contributed by atoms with E-state index in [-0.39, 0.29) is 12.6 Å². The van der Waals surface area contributed by atoms with Crippen molar-refractivity contribution >= 4 is 11.9 Å². The Morgan fingerprint density at radius 1 is 1.17 bits per heavy atom. The molecule has 0 spiro atoms. The van der Waals surface area contributed by atoms with Crippen LogP contribution in [0.4, 0.5) is 0 Å². The number of carbonyl (C=O) groups is 2. The van der Waals surface area contributed by atoms with Crippen LogP contribution in [0, 0.1) is 0 Å². The van der Waals surface area contributed by atoms with Gasteiger partial charge in [-0.2, -0.15) is 0 Å². The molecule has 18 heavy (non-hydrogen) atoms. The normalized spacial score (nSPS) is 11.7. The maximum Gasteiger partial charge on any atom is 0.352 e. The fourth-order valence-corrected chi connectivity index (χ4v) is 1.49. The second kappa shape index (κ2) is 7.48. The number of carbonyl (C=O) groups excluding carboxylic acids is 2. The highest BCUT2D eigenvalue weighted by atomic mass is 16.6. The van der Waals surface area contributed by atoms with E-state index in [1.807, 2.05) is 13.0 Å². The van der Waals surface area contributed by atoms with Crippen LogP contribution in [0.1, 0.15) is 38.4 Å². The summed E-state index contributed by atoms with van der Waals surface area (Å²) in [7, 11) is 0. The number of hydrogen-bond donors (Lipinski definition) is 0. The van der Waals surface area contributed by atoms with Crippen molar-refractivity contribution in [1.29, 1.82) is 0 Å². The second-order valence-electron chi connectivity index (χ2n) is 3.78. The molecule has 0 radical (unpaired) electrons. The molecule has 0 heterocycles. The van der Waals surface area contributed by atoms with Crippen molar-refractivity contribution in [1.82, 2.24) is 0 Å². The van der Waals surface area contributed by atoms with E-state index in [1.165, 1.54) is 0 Å². The summed E-state index contributed by atoms with van der Waals surface area (Å²) in [6.45, 7) is 3.85. The number of benzene rings is 1. The Hall–Kier alpha value is -1.84. The van der Waals surface area contributed by atoms with Gasteiger partial charge in [0.25, 0.3) is 0 Å². The summed E-state index contributed by atoms with van der Waals surface area (Å²) in [5, 5.41) is 0. The van der Waals surface area contributed by atoms with Crippen molar-refractivity contribution in [2.24, 2.45) is 0 Å². The summed E-state index contributed by atoms with van der Waals surface area (Å²) in [5.74, 6) is -0.924. The maximum absolute atomic E-state index is 11.8. The van der Waals surface area contributed by atoms with E-state index in [4.69, 9.17) is 9.47 Å². The van der Waals surface area contributed by atoms with E-state index < -0.39 is 12.1 Å². The van der Waals surface area contributed by atoms with Gasteiger partial charge in [0.2, 0.25) is 6.10 Å². The van der Waals surface area contributed by atoms with Gasteiger partial charge < -0.3 is 9.47 Å². The quantitative estimate of drug-likeness (QED) is 0.728. The van der Waals surface area contributed by atoms with Crippen LogP contribution >= 0.6 is 0 Å². The van der Waals surface area contributed by atoms with Gasteiger partial charge in [0.15, 0.2) is 0 Å². The van der Waals surface area contributed by atoms with E-state index in [9.17, 15) is 9.59 Å². The lowest BCUT2D eigenvalue weighted by Crippen LogP contribution is -2.22. The molecule has 0 saturated carbocycles. The van der Waals surface area contributed by atoms with Gasteiger partial charge in [-0.1, -0.05) is 37.3 Å². The van der Waals surface area contributed by atoms with Gasteiger partial charge in [-0.05, 0) is 13.3 Å². The summed E-state index contributed by atoms with van der Waals surface area (Å²) in [5.41, 5.74) is 0.625. The molecule has 0 fully saturated rings. The van der Waals surface area contributed by atoms with E-state index in [0.717, 1.165) is 0 Å². The van der Waals surface area contributed by atoms with Crippen molar-refractivity contribution in [2.45, 2.75) is 32.8 Å². The summed E-state index contributed by atoms with van der Waals surface area (Å²) in [4.78, 5) is 23.3. The average Bonchev–Trinajstić information content (AvgIpc) is 2.37. The first-order chi connectivity index (χ1) is 8.69. The van der Waals surface area contributed by atoms with Crippen molar-refractivity contribution < 1.29 is 19.1 Å². The summed E-state index contributed by atoms with van der Waals surface area (Å²) >= 11 is 0. The zero-order valence-corrected chi connectivity index (χ0v) is 10.7. The van der Waals surface area contributed by atoms with E-state index in [2.05, 4.69) is 0 Å². The molecule has 0 aliphatic carbocycles. The Morgan fingerprint density at radius 2 is 1.83 bits per heavy atom. The second-order valence-corrected chi connectivity index (χ2v) is 3.78. The molecular formula is C14H18O4. The molecule has 0 N–H and O–H groups in total.